The molecule has 8 nitrogen and oxygen atoms in total. The normalized spacial score (nSPS) is 10.8. The SMILES string of the molecule is CC(C)COc1ncccc1C(=O)NCc1cccc(-c2nc(-c3ccncc3)no2)c1. The van der Waals surface area contributed by atoms with Crippen molar-refractivity contribution >= 4 is 5.91 Å². The fourth-order valence-electron chi connectivity index (χ4n) is 2.98. The van der Waals surface area contributed by atoms with Crippen LogP contribution in [0.2, 0.25) is 0 Å². The monoisotopic (exact) mass is 429 g/mol. The van der Waals surface area contributed by atoms with Gasteiger partial charge in [0.15, 0.2) is 0 Å². The van der Waals surface area contributed by atoms with Crippen LogP contribution in [0.3, 0.4) is 0 Å². The Kier molecular flexibility index (Phi) is 6.50. The van der Waals surface area contributed by atoms with Gasteiger partial charge in [0.25, 0.3) is 11.8 Å². The predicted octanol–water partition coefficient (Wildman–Crippen LogP) is 4.16. The van der Waals surface area contributed by atoms with Crippen LogP contribution in [0.15, 0.2) is 71.6 Å². The number of carbonyl (C=O) groups excluding carboxylic acids is 1. The highest BCUT2D eigenvalue weighted by atomic mass is 16.5. The Bertz CT molecular complexity index is 1190. The number of aromatic nitrogens is 4. The number of rotatable bonds is 8. The van der Waals surface area contributed by atoms with Crippen LogP contribution in [0, 0.1) is 5.92 Å². The van der Waals surface area contributed by atoms with Crippen LogP contribution in [0.25, 0.3) is 22.8 Å². The first kappa shape index (κ1) is 21.2. The Morgan fingerprint density at radius 3 is 2.72 bits per heavy atom. The van der Waals surface area contributed by atoms with E-state index in [2.05, 4.69) is 25.4 Å². The molecule has 0 saturated carbocycles. The molecule has 0 saturated heterocycles. The summed E-state index contributed by atoms with van der Waals surface area (Å²) >= 11 is 0. The van der Waals surface area contributed by atoms with Crippen LogP contribution < -0.4 is 10.1 Å². The molecule has 4 aromatic rings. The summed E-state index contributed by atoms with van der Waals surface area (Å²) in [6.07, 6.45) is 4.97. The van der Waals surface area contributed by atoms with Gasteiger partial charge in [0.2, 0.25) is 11.7 Å². The summed E-state index contributed by atoms with van der Waals surface area (Å²) < 4.78 is 11.1. The molecule has 1 N–H and O–H groups in total. The van der Waals surface area contributed by atoms with E-state index in [4.69, 9.17) is 9.26 Å². The van der Waals surface area contributed by atoms with Gasteiger partial charge in [-0.3, -0.25) is 9.78 Å². The molecule has 0 atom stereocenters. The first-order valence-electron chi connectivity index (χ1n) is 10.3. The fraction of sp³-hybridized carbons (Fsp3) is 0.208. The molecule has 3 aromatic heterocycles. The maximum Gasteiger partial charge on any atom is 0.258 e. The van der Waals surface area contributed by atoms with Gasteiger partial charge in [-0.05, 0) is 47.9 Å². The summed E-state index contributed by atoms with van der Waals surface area (Å²) in [6.45, 7) is 4.90. The number of pyridine rings is 2. The minimum Gasteiger partial charge on any atom is -0.477 e. The zero-order valence-corrected chi connectivity index (χ0v) is 17.9. The van der Waals surface area contributed by atoms with Crippen molar-refractivity contribution in [2.45, 2.75) is 20.4 Å². The molecule has 3 heterocycles. The molecular weight excluding hydrogens is 406 g/mol. The van der Waals surface area contributed by atoms with Crippen LogP contribution in [-0.2, 0) is 6.54 Å². The molecule has 162 valence electrons. The van der Waals surface area contributed by atoms with Crippen molar-refractivity contribution in [2.75, 3.05) is 6.61 Å². The largest absolute Gasteiger partial charge is 0.477 e. The lowest BCUT2D eigenvalue weighted by atomic mass is 10.1. The number of benzene rings is 1. The average molecular weight is 429 g/mol. The zero-order chi connectivity index (χ0) is 22.3. The van der Waals surface area contributed by atoms with E-state index in [0.29, 0.717) is 42.2 Å². The van der Waals surface area contributed by atoms with E-state index in [-0.39, 0.29) is 5.91 Å². The smallest absolute Gasteiger partial charge is 0.258 e. The molecule has 0 spiro atoms. The molecule has 0 aliphatic carbocycles. The predicted molar refractivity (Wildman–Crippen MR) is 119 cm³/mol. The van der Waals surface area contributed by atoms with Crippen molar-refractivity contribution in [3.8, 4) is 28.7 Å². The van der Waals surface area contributed by atoms with Gasteiger partial charge in [0.05, 0.1) is 6.61 Å². The third-order valence-corrected chi connectivity index (χ3v) is 4.56. The zero-order valence-electron chi connectivity index (χ0n) is 17.9. The number of amides is 1. The van der Waals surface area contributed by atoms with Crippen molar-refractivity contribution in [3.05, 3.63) is 78.2 Å². The van der Waals surface area contributed by atoms with Crippen LogP contribution >= 0.6 is 0 Å². The van der Waals surface area contributed by atoms with Gasteiger partial charge in [0.1, 0.15) is 5.56 Å². The second-order valence-corrected chi connectivity index (χ2v) is 7.60. The molecule has 0 fully saturated rings. The van der Waals surface area contributed by atoms with Crippen molar-refractivity contribution in [3.63, 3.8) is 0 Å². The third kappa shape index (κ3) is 5.15. The molecule has 1 amide bonds. The maximum absolute atomic E-state index is 12.7. The van der Waals surface area contributed by atoms with E-state index in [9.17, 15) is 4.79 Å². The number of carbonyl (C=O) groups is 1. The van der Waals surface area contributed by atoms with Gasteiger partial charge in [-0.1, -0.05) is 31.1 Å². The molecule has 32 heavy (non-hydrogen) atoms. The highest BCUT2D eigenvalue weighted by Crippen LogP contribution is 2.23. The van der Waals surface area contributed by atoms with Crippen molar-refractivity contribution in [1.29, 1.82) is 0 Å². The van der Waals surface area contributed by atoms with Crippen molar-refractivity contribution in [1.82, 2.24) is 25.4 Å². The standard InChI is InChI=1S/C24H23N5O3/c1-16(2)15-31-24-20(7-4-10-26-24)22(30)27-14-17-5-3-6-19(13-17)23-28-21(29-32-23)18-8-11-25-12-9-18/h3-13,16H,14-15H2,1-2H3,(H,27,30). The van der Waals surface area contributed by atoms with E-state index in [1.165, 1.54) is 0 Å². The van der Waals surface area contributed by atoms with Crippen LogP contribution in [-0.4, -0.2) is 32.6 Å². The summed E-state index contributed by atoms with van der Waals surface area (Å²) in [4.78, 5) is 25.4. The highest BCUT2D eigenvalue weighted by Gasteiger charge is 2.15. The van der Waals surface area contributed by atoms with Gasteiger partial charge in [0, 0.05) is 36.3 Å². The molecule has 0 radical (unpaired) electrons. The molecule has 4 rings (SSSR count). The van der Waals surface area contributed by atoms with E-state index >= 15 is 0 Å². The highest BCUT2D eigenvalue weighted by molar-refractivity contribution is 5.96. The molecular formula is C24H23N5O3. The summed E-state index contributed by atoms with van der Waals surface area (Å²) in [7, 11) is 0. The number of hydrogen-bond donors (Lipinski definition) is 1. The van der Waals surface area contributed by atoms with E-state index in [0.717, 1.165) is 16.7 Å². The minimum absolute atomic E-state index is 0.250. The van der Waals surface area contributed by atoms with Gasteiger partial charge >= 0.3 is 0 Å². The van der Waals surface area contributed by atoms with Crippen LogP contribution in [0.4, 0.5) is 0 Å². The summed E-state index contributed by atoms with van der Waals surface area (Å²) in [5.41, 5.74) is 2.90. The fourth-order valence-corrected chi connectivity index (χ4v) is 2.98. The Labute approximate surface area is 185 Å². The molecule has 8 heteroatoms. The van der Waals surface area contributed by atoms with Gasteiger partial charge < -0.3 is 14.6 Å². The van der Waals surface area contributed by atoms with E-state index in [1.807, 2.05) is 50.2 Å². The second kappa shape index (κ2) is 9.82. The van der Waals surface area contributed by atoms with Gasteiger partial charge in [-0.2, -0.15) is 4.98 Å². The number of nitrogens with one attached hydrogen (secondary N) is 1. The number of ether oxygens (including phenoxy) is 1. The Morgan fingerprint density at radius 2 is 1.91 bits per heavy atom. The lowest BCUT2D eigenvalue weighted by molar-refractivity contribution is 0.0945. The lowest BCUT2D eigenvalue weighted by Crippen LogP contribution is -2.24. The second-order valence-electron chi connectivity index (χ2n) is 7.60. The topological polar surface area (TPSA) is 103 Å². The summed E-state index contributed by atoms with van der Waals surface area (Å²) in [5.74, 6) is 1.31. The Hall–Kier alpha value is -4.07. The third-order valence-electron chi connectivity index (χ3n) is 4.56. The first-order valence-corrected chi connectivity index (χ1v) is 10.3. The minimum atomic E-state index is -0.250. The van der Waals surface area contributed by atoms with Crippen molar-refractivity contribution < 1.29 is 14.1 Å². The summed E-state index contributed by atoms with van der Waals surface area (Å²) in [6, 6.07) is 14.6. The van der Waals surface area contributed by atoms with E-state index < -0.39 is 0 Å². The van der Waals surface area contributed by atoms with Crippen molar-refractivity contribution in [2.24, 2.45) is 5.92 Å². The Morgan fingerprint density at radius 1 is 1.06 bits per heavy atom. The molecule has 1 aromatic carbocycles. The maximum atomic E-state index is 12.7. The summed E-state index contributed by atoms with van der Waals surface area (Å²) in [5, 5.41) is 6.96. The number of nitrogens with zero attached hydrogens (tertiary/aromatic N) is 4. The number of hydrogen-bond acceptors (Lipinski definition) is 7. The Balaban J connectivity index is 1.44. The molecule has 0 aliphatic rings. The van der Waals surface area contributed by atoms with E-state index in [1.54, 1.807) is 30.7 Å². The van der Waals surface area contributed by atoms with Crippen LogP contribution in [0.1, 0.15) is 29.8 Å². The molecule has 0 aliphatic heterocycles. The molecule has 0 bridgehead atoms. The van der Waals surface area contributed by atoms with Gasteiger partial charge in [-0.25, -0.2) is 4.98 Å². The average Bonchev–Trinajstić information content (AvgIpc) is 3.33. The van der Waals surface area contributed by atoms with Gasteiger partial charge in [-0.15, -0.1) is 0 Å². The lowest BCUT2D eigenvalue weighted by Gasteiger charge is -2.12. The quantitative estimate of drug-likeness (QED) is 0.449. The first-order chi connectivity index (χ1) is 15.6. The van der Waals surface area contributed by atoms with Crippen LogP contribution in [0.5, 0.6) is 5.88 Å². The molecule has 0 unspecified atom stereocenters.